The molecule has 45 heteroatoms. The number of hydrogen-bond donors (Lipinski definition) is 5. The summed E-state index contributed by atoms with van der Waals surface area (Å²) in [5.41, 5.74) is -5.55. The molecule has 0 spiro atoms. The predicted octanol–water partition coefficient (Wildman–Crippen LogP) is 11.7. The Morgan fingerprint density at radius 1 is 0.598 bits per heavy atom. The summed E-state index contributed by atoms with van der Waals surface area (Å²) < 4.78 is 155. The Bertz CT molecular complexity index is 5020. The highest BCUT2D eigenvalue weighted by molar-refractivity contribution is 7.90. The number of hydrogen-bond acceptors (Lipinski definition) is 26. The second kappa shape index (κ2) is 35.6. The van der Waals surface area contributed by atoms with Gasteiger partial charge in [0.1, 0.15) is 33.1 Å². The number of pyridine rings is 4. The number of primary sulfonamides is 1. The molecule has 0 radical (unpaired) electrons. The zero-order chi connectivity index (χ0) is 85.5. The number of H-pyrrole nitrogens is 2. The lowest BCUT2D eigenvalue weighted by Crippen LogP contribution is -2.45. The number of anilines is 2. The van der Waals surface area contributed by atoms with Crippen LogP contribution in [0.4, 0.5) is 47.6 Å². The van der Waals surface area contributed by atoms with E-state index >= 15 is 0 Å². The van der Waals surface area contributed by atoms with Gasteiger partial charge in [0, 0.05) is 61.8 Å². The molecule has 2 atom stereocenters. The number of carbonyl (C=O) groups is 4. The normalized spacial score (nSPS) is 17.4. The lowest BCUT2D eigenvalue weighted by atomic mass is 9.93. The number of carbonyl (C=O) groups excluding carboxylic acids is 3. The summed E-state index contributed by atoms with van der Waals surface area (Å²) in [5, 5.41) is 49.3. The SMILES string of the molecule is CC(C)(C)OC(=O)N1C[C@@H](CCCN(Cc2nn[nH]n2)c2cccc(S(=O)(=O)NC(=O)c3ccc(-n4ccc(OCCC5(C(F)(F)F)CC5)n4)nc3Cl)n2)CC1(C)C.CC(C)(C)OC(=O)N1C[C@@H](CCCN(Cc2nn[nH]n2)c2cccc(S(N)(=O)=O)n2)CC1(C)C.O=C(O)c1ccc(-n2ccc(OCCC3(C(F)(F)F)CC3)n2)nc1Cl. The maximum Gasteiger partial charge on any atom is 0.410 e. The third kappa shape index (κ3) is 23.8. The number of aromatic nitrogens is 16. The van der Waals surface area contributed by atoms with Crippen molar-refractivity contribution < 1.29 is 86.4 Å². The van der Waals surface area contributed by atoms with Crippen molar-refractivity contribution in [1.29, 1.82) is 0 Å². The molecule has 2 aliphatic carbocycles. The zero-order valence-electron chi connectivity index (χ0n) is 65.7. The van der Waals surface area contributed by atoms with Crippen LogP contribution in [0.15, 0.2) is 95.2 Å². The summed E-state index contributed by atoms with van der Waals surface area (Å²) in [6.07, 6.45) is -1.34. The predicted molar refractivity (Wildman–Crippen MR) is 409 cm³/mol. The third-order valence-corrected chi connectivity index (χ3v) is 22.5. The number of aromatic amines is 2. The number of carboxylic acid groups (broad SMARTS) is 1. The van der Waals surface area contributed by atoms with E-state index in [1.54, 1.807) is 28.0 Å². The molecule has 0 bridgehead atoms. The molecule has 10 heterocycles. The Balaban J connectivity index is 0.000000206. The maximum absolute atomic E-state index is 13.5. The lowest BCUT2D eigenvalue weighted by molar-refractivity contribution is -0.190. The molecular formula is C72H92Cl2F6N22O13S2. The van der Waals surface area contributed by atoms with Crippen LogP contribution in [0.5, 0.6) is 11.8 Å². The molecule has 6 N–H and O–H groups in total. The number of ether oxygens (including phenoxy) is 4. The van der Waals surface area contributed by atoms with Crippen molar-refractivity contribution in [1.82, 2.24) is 95.3 Å². The second-order valence-electron chi connectivity index (χ2n) is 32.1. The number of nitrogens with two attached hydrogens (primary N) is 1. The van der Waals surface area contributed by atoms with Crippen LogP contribution in [-0.4, -0.2) is 211 Å². The van der Waals surface area contributed by atoms with Gasteiger partial charge < -0.3 is 43.7 Å². The third-order valence-electron chi connectivity index (χ3n) is 19.8. The highest BCUT2D eigenvalue weighted by Gasteiger charge is 2.63. The fourth-order valence-corrected chi connectivity index (χ4v) is 15.4. The first-order chi connectivity index (χ1) is 54.6. The van der Waals surface area contributed by atoms with Crippen LogP contribution in [0.2, 0.25) is 10.3 Å². The van der Waals surface area contributed by atoms with Gasteiger partial charge in [-0.3, -0.25) is 4.79 Å². The minimum absolute atomic E-state index is 0.0684. The molecular weight excluding hydrogens is 1630 g/mol. The number of carboxylic acids is 1. The van der Waals surface area contributed by atoms with Crippen LogP contribution in [0.3, 0.4) is 0 Å². The van der Waals surface area contributed by atoms with Gasteiger partial charge in [-0.15, -0.1) is 30.6 Å². The molecule has 4 fully saturated rings. The number of halogens is 8. The van der Waals surface area contributed by atoms with E-state index < -0.39 is 71.3 Å². The molecule has 2 aliphatic heterocycles. The average Bonchev–Trinajstić information content (AvgIpc) is 1.62. The van der Waals surface area contributed by atoms with Crippen molar-refractivity contribution in [3.05, 3.63) is 118 Å². The van der Waals surface area contributed by atoms with Gasteiger partial charge in [-0.2, -0.15) is 45.2 Å². The quantitative estimate of drug-likeness (QED) is 0.0215. The standard InChI is InChI=1S/C36H45ClF3N11O6S.C21H34N8O4S.C15H13ClF3N3O3/c1-33(2,3)57-32(53)50-21-23(20-34(50,4)5)8-7-17-49(22-25-43-47-48-44-25)26-9-6-10-29(41-26)58(54,55)46-31(52)24-11-12-27(42-30(24)37)51-18-13-28(45-51)56-19-16-35(14-15-35)36(38,39)40;1-20(2,3)33-19(30)29-13-15(12-21(29,4)5)8-7-11-28(14-16-24-26-27-25-16)17-9-6-10-18(23-17)34(22,31)32;16-12-9(13(23)24)1-2-10(20-12)22-7-3-11(21-22)25-8-6-14(4-5-14)15(17,18)19/h6,9-13,18,23H,7-8,14-17,19-22H2,1-5H3,(H,46,52)(H,43,44,47,48);6,9-10,15H,7-8,11-14H2,1-5H3,(H2,22,31,32)(H,24,25,26,27);1-3,7H,4-6,8H2,(H,23,24)/t23-;15-;/m00./s1. The number of amides is 3. The van der Waals surface area contributed by atoms with Gasteiger partial charge in [0.2, 0.25) is 11.8 Å². The lowest BCUT2D eigenvalue weighted by Gasteiger charge is -2.33. The number of aromatic carboxylic acids is 1. The van der Waals surface area contributed by atoms with Crippen LogP contribution in [0, 0.1) is 22.7 Å². The summed E-state index contributed by atoms with van der Waals surface area (Å²) in [7, 11) is -8.46. The zero-order valence-corrected chi connectivity index (χ0v) is 68.8. The minimum Gasteiger partial charge on any atom is -0.478 e. The number of rotatable bonds is 29. The smallest absolute Gasteiger partial charge is 0.410 e. The molecule has 8 aromatic heterocycles. The molecule has 2 saturated heterocycles. The van der Waals surface area contributed by atoms with E-state index in [-0.39, 0.29) is 143 Å². The first kappa shape index (κ1) is 89.2. The van der Waals surface area contributed by atoms with Gasteiger partial charge in [-0.05, 0) is 207 Å². The number of nitrogens with zero attached hydrogens (tertiary/aromatic N) is 18. The number of likely N-dealkylation sites (tertiary alicyclic amines) is 2. The summed E-state index contributed by atoms with van der Waals surface area (Å²) in [5.74, 6) is 0.412. The molecule has 2 saturated carbocycles. The van der Waals surface area contributed by atoms with E-state index in [0.717, 1.165) is 32.1 Å². The van der Waals surface area contributed by atoms with Crippen LogP contribution in [0.1, 0.15) is 179 Å². The van der Waals surface area contributed by atoms with Crippen molar-refractivity contribution in [2.75, 3.05) is 49.2 Å². The Kier molecular flexibility index (Phi) is 27.1. The van der Waals surface area contributed by atoms with Crippen molar-refractivity contribution >= 4 is 78.9 Å². The van der Waals surface area contributed by atoms with E-state index in [1.807, 2.05) is 69.9 Å². The van der Waals surface area contributed by atoms with Crippen LogP contribution in [-0.2, 0) is 42.6 Å². The first-order valence-electron chi connectivity index (χ1n) is 37.2. The average molecular weight is 1720 g/mol. The van der Waals surface area contributed by atoms with Gasteiger partial charge in [0.15, 0.2) is 33.3 Å². The maximum atomic E-state index is 13.5. The minimum atomic E-state index is -4.53. The van der Waals surface area contributed by atoms with E-state index in [9.17, 15) is 62.4 Å². The van der Waals surface area contributed by atoms with E-state index in [0.29, 0.717) is 62.5 Å². The van der Waals surface area contributed by atoms with E-state index in [4.69, 9.17) is 52.4 Å². The van der Waals surface area contributed by atoms with Crippen LogP contribution >= 0.6 is 23.2 Å². The van der Waals surface area contributed by atoms with E-state index in [2.05, 4.69) is 85.2 Å². The van der Waals surface area contributed by atoms with Crippen LogP contribution < -0.4 is 29.1 Å². The van der Waals surface area contributed by atoms with Crippen molar-refractivity contribution in [3.8, 4) is 23.4 Å². The topological polar surface area (TPSA) is 441 Å². The number of nitrogens with one attached hydrogen (secondary N) is 3. The first-order valence-corrected chi connectivity index (χ1v) is 41.0. The Morgan fingerprint density at radius 3 is 1.38 bits per heavy atom. The van der Waals surface area contributed by atoms with Crippen LogP contribution in [0.25, 0.3) is 11.6 Å². The molecule has 117 heavy (non-hydrogen) atoms. The number of tetrazole rings is 2. The van der Waals surface area contributed by atoms with Gasteiger partial charge >= 0.3 is 30.5 Å². The van der Waals surface area contributed by atoms with Crippen molar-refractivity contribution in [2.24, 2.45) is 27.8 Å². The number of alkyl halides is 6. The Morgan fingerprint density at radius 2 is 1.01 bits per heavy atom. The summed E-state index contributed by atoms with van der Waals surface area (Å²) in [6.45, 7) is 21.6. The van der Waals surface area contributed by atoms with E-state index in [1.165, 1.54) is 76.4 Å². The monoisotopic (exact) mass is 1720 g/mol. The Labute approximate surface area is 679 Å². The molecule has 8 aromatic rings. The second-order valence-corrected chi connectivity index (χ2v) is 36.0. The number of sulfonamides is 2. The van der Waals surface area contributed by atoms with Crippen molar-refractivity contribution in [2.45, 2.75) is 204 Å². The molecule has 3 amide bonds. The fourth-order valence-electron chi connectivity index (χ4n) is 13.5. The summed E-state index contributed by atoms with van der Waals surface area (Å²) >= 11 is 12.1. The van der Waals surface area contributed by atoms with Gasteiger partial charge in [-0.1, -0.05) is 45.8 Å². The van der Waals surface area contributed by atoms with Gasteiger partial charge in [-0.25, -0.2) is 62.0 Å². The molecule has 35 nitrogen and oxygen atoms in total. The Hall–Kier alpha value is -10.1. The molecule has 0 aromatic carbocycles. The molecule has 636 valence electrons. The van der Waals surface area contributed by atoms with Crippen molar-refractivity contribution in [3.63, 3.8) is 0 Å². The molecule has 0 unspecified atom stereocenters. The molecule has 12 rings (SSSR count). The fraction of sp³-hybridized carbons (Fsp3) is 0.556. The van der Waals surface area contributed by atoms with Gasteiger partial charge in [0.25, 0.3) is 26.0 Å². The summed E-state index contributed by atoms with van der Waals surface area (Å²) in [6, 6.07) is 17.3. The summed E-state index contributed by atoms with van der Waals surface area (Å²) in [4.78, 5) is 73.7. The highest BCUT2D eigenvalue weighted by Crippen LogP contribution is 2.61. The molecule has 4 aliphatic rings. The highest BCUT2D eigenvalue weighted by atomic mass is 35.5. The van der Waals surface area contributed by atoms with Gasteiger partial charge in [0.05, 0.1) is 48.3 Å². The largest absolute Gasteiger partial charge is 0.478 e.